The number of pyridine rings is 1. The quantitative estimate of drug-likeness (QED) is 0.489. The van der Waals surface area contributed by atoms with Gasteiger partial charge in [-0.15, -0.1) is 10.2 Å². The third kappa shape index (κ3) is 4.34. The van der Waals surface area contributed by atoms with Crippen molar-refractivity contribution in [2.45, 2.75) is 6.54 Å². The molecule has 0 N–H and O–H groups in total. The van der Waals surface area contributed by atoms with Crippen LogP contribution in [0.25, 0.3) is 11.3 Å². The van der Waals surface area contributed by atoms with E-state index in [9.17, 15) is 4.79 Å². The molecule has 1 aromatic carbocycles. The van der Waals surface area contributed by atoms with Crippen LogP contribution in [0.1, 0.15) is 15.9 Å². The Bertz CT molecular complexity index is 1150. The van der Waals surface area contributed by atoms with Crippen LogP contribution in [0.5, 0.6) is 0 Å². The van der Waals surface area contributed by atoms with Crippen LogP contribution in [0, 0.1) is 0 Å². The maximum absolute atomic E-state index is 12.9. The number of benzene rings is 1. The van der Waals surface area contributed by atoms with E-state index in [2.05, 4.69) is 25.1 Å². The summed E-state index contributed by atoms with van der Waals surface area (Å²) in [5, 5.41) is 8.73. The van der Waals surface area contributed by atoms with E-state index in [0.29, 0.717) is 18.7 Å². The van der Waals surface area contributed by atoms with E-state index < -0.39 is 0 Å². The standard InChI is InChI=1S/C24H23N7O/c32-24(20-5-3-19(4-6-20)17-29-11-10-26-18-29)31-14-12-30(13-15-31)23-8-7-22(27-28-23)21-2-1-9-25-16-21/h1-11,16,18H,12-15,17H2. The van der Waals surface area contributed by atoms with Gasteiger partial charge in [0.1, 0.15) is 0 Å². The molecule has 0 atom stereocenters. The molecule has 4 heterocycles. The first-order chi connectivity index (χ1) is 15.8. The SMILES string of the molecule is O=C(c1ccc(Cn2ccnc2)cc1)N1CCN(c2ccc(-c3cccnc3)nn2)CC1. The van der Waals surface area contributed by atoms with Crippen LogP contribution >= 0.6 is 0 Å². The van der Waals surface area contributed by atoms with Crippen molar-refractivity contribution in [2.24, 2.45) is 0 Å². The minimum absolute atomic E-state index is 0.0665. The van der Waals surface area contributed by atoms with Gasteiger partial charge >= 0.3 is 0 Å². The minimum Gasteiger partial charge on any atom is -0.352 e. The van der Waals surface area contributed by atoms with Crippen molar-refractivity contribution in [2.75, 3.05) is 31.1 Å². The van der Waals surface area contributed by atoms with E-state index in [1.165, 1.54) is 0 Å². The topological polar surface area (TPSA) is 80.0 Å². The summed E-state index contributed by atoms with van der Waals surface area (Å²) < 4.78 is 2.00. The zero-order valence-electron chi connectivity index (χ0n) is 17.6. The number of imidazole rings is 1. The molecule has 0 aliphatic carbocycles. The lowest BCUT2D eigenvalue weighted by atomic mass is 10.1. The Balaban J connectivity index is 1.18. The molecule has 32 heavy (non-hydrogen) atoms. The van der Waals surface area contributed by atoms with Gasteiger partial charge in [-0.2, -0.15) is 0 Å². The van der Waals surface area contributed by atoms with Gasteiger partial charge in [-0.05, 0) is 42.0 Å². The number of nitrogens with zero attached hydrogens (tertiary/aromatic N) is 7. The Labute approximate surface area is 186 Å². The number of hydrogen-bond donors (Lipinski definition) is 0. The summed E-state index contributed by atoms with van der Waals surface area (Å²) in [6.45, 7) is 3.51. The molecule has 1 amide bonds. The number of carbonyl (C=O) groups excluding carboxylic acids is 1. The first-order valence-corrected chi connectivity index (χ1v) is 10.6. The zero-order chi connectivity index (χ0) is 21.8. The van der Waals surface area contributed by atoms with Crippen LogP contribution in [0.2, 0.25) is 0 Å². The summed E-state index contributed by atoms with van der Waals surface area (Å²) in [4.78, 5) is 25.2. The van der Waals surface area contributed by atoms with Gasteiger partial charge in [-0.1, -0.05) is 12.1 Å². The lowest BCUT2D eigenvalue weighted by Crippen LogP contribution is -2.49. The Morgan fingerprint density at radius 1 is 0.875 bits per heavy atom. The molecule has 5 rings (SSSR count). The van der Waals surface area contributed by atoms with E-state index in [0.717, 1.165) is 42.3 Å². The van der Waals surface area contributed by atoms with Crippen molar-refractivity contribution < 1.29 is 4.79 Å². The highest BCUT2D eigenvalue weighted by Crippen LogP contribution is 2.19. The van der Waals surface area contributed by atoms with Crippen molar-refractivity contribution in [1.29, 1.82) is 0 Å². The highest BCUT2D eigenvalue weighted by Gasteiger charge is 2.23. The predicted molar refractivity (Wildman–Crippen MR) is 121 cm³/mol. The van der Waals surface area contributed by atoms with Crippen molar-refractivity contribution in [3.8, 4) is 11.3 Å². The van der Waals surface area contributed by atoms with Crippen LogP contribution in [0.15, 0.2) is 79.6 Å². The summed E-state index contributed by atoms with van der Waals surface area (Å²) in [6, 6.07) is 15.6. The largest absolute Gasteiger partial charge is 0.352 e. The van der Waals surface area contributed by atoms with Gasteiger partial charge in [0.15, 0.2) is 5.82 Å². The summed E-state index contributed by atoms with van der Waals surface area (Å²) in [6.07, 6.45) is 8.99. The summed E-state index contributed by atoms with van der Waals surface area (Å²) in [7, 11) is 0. The molecule has 1 saturated heterocycles. The second kappa shape index (κ2) is 8.97. The molecule has 0 saturated carbocycles. The molecule has 4 aromatic rings. The van der Waals surface area contributed by atoms with Crippen LogP contribution in [0.3, 0.4) is 0 Å². The first-order valence-electron chi connectivity index (χ1n) is 10.6. The van der Waals surface area contributed by atoms with Crippen molar-refractivity contribution in [3.63, 3.8) is 0 Å². The molecule has 1 aliphatic rings. The van der Waals surface area contributed by atoms with Gasteiger partial charge in [0, 0.05) is 68.6 Å². The van der Waals surface area contributed by atoms with Crippen molar-refractivity contribution >= 4 is 11.7 Å². The van der Waals surface area contributed by atoms with Gasteiger partial charge in [0.05, 0.1) is 12.0 Å². The Kier molecular flexibility index (Phi) is 5.57. The van der Waals surface area contributed by atoms with Gasteiger partial charge in [0.2, 0.25) is 0 Å². The van der Waals surface area contributed by atoms with E-state index in [1.54, 1.807) is 24.9 Å². The summed E-state index contributed by atoms with van der Waals surface area (Å²) >= 11 is 0. The van der Waals surface area contributed by atoms with Gasteiger partial charge in [0.25, 0.3) is 5.91 Å². The number of aromatic nitrogens is 5. The molecular weight excluding hydrogens is 402 g/mol. The maximum atomic E-state index is 12.9. The fourth-order valence-electron chi connectivity index (χ4n) is 3.83. The van der Waals surface area contributed by atoms with Gasteiger partial charge < -0.3 is 14.4 Å². The number of carbonyl (C=O) groups is 1. The highest BCUT2D eigenvalue weighted by atomic mass is 16.2. The van der Waals surface area contributed by atoms with Gasteiger partial charge in [-0.25, -0.2) is 4.98 Å². The van der Waals surface area contributed by atoms with E-state index in [1.807, 2.05) is 64.2 Å². The third-order valence-electron chi connectivity index (χ3n) is 5.62. The lowest BCUT2D eigenvalue weighted by molar-refractivity contribution is 0.0746. The highest BCUT2D eigenvalue weighted by molar-refractivity contribution is 5.94. The molecular formula is C24H23N7O. The third-order valence-corrected chi connectivity index (χ3v) is 5.62. The smallest absolute Gasteiger partial charge is 0.253 e. The Hall–Kier alpha value is -4.07. The first kappa shape index (κ1) is 19.9. The molecule has 3 aromatic heterocycles. The normalized spacial score (nSPS) is 13.9. The predicted octanol–water partition coefficient (Wildman–Crippen LogP) is 2.75. The second-order valence-corrected chi connectivity index (χ2v) is 7.73. The Morgan fingerprint density at radius 3 is 2.38 bits per heavy atom. The summed E-state index contributed by atoms with van der Waals surface area (Å²) in [5.74, 6) is 0.894. The monoisotopic (exact) mass is 425 g/mol. The van der Waals surface area contributed by atoms with Crippen LogP contribution in [0.4, 0.5) is 5.82 Å². The van der Waals surface area contributed by atoms with Crippen LogP contribution in [-0.4, -0.2) is 61.7 Å². The minimum atomic E-state index is 0.0665. The number of anilines is 1. The molecule has 1 fully saturated rings. The molecule has 8 nitrogen and oxygen atoms in total. The van der Waals surface area contributed by atoms with E-state index in [4.69, 9.17) is 0 Å². The Morgan fingerprint density at radius 2 is 1.72 bits per heavy atom. The van der Waals surface area contributed by atoms with Crippen LogP contribution < -0.4 is 4.90 Å². The molecule has 8 heteroatoms. The molecule has 0 spiro atoms. The molecule has 160 valence electrons. The fraction of sp³-hybridized carbons (Fsp3) is 0.208. The summed E-state index contributed by atoms with van der Waals surface area (Å²) in [5.41, 5.74) is 3.59. The molecule has 0 radical (unpaired) electrons. The number of amides is 1. The number of rotatable bonds is 5. The number of piperazine rings is 1. The van der Waals surface area contributed by atoms with Crippen molar-refractivity contribution in [3.05, 3.63) is 90.8 Å². The average molecular weight is 425 g/mol. The van der Waals surface area contributed by atoms with Gasteiger partial charge in [-0.3, -0.25) is 9.78 Å². The molecule has 0 bridgehead atoms. The zero-order valence-corrected chi connectivity index (χ0v) is 17.6. The lowest BCUT2D eigenvalue weighted by Gasteiger charge is -2.35. The van der Waals surface area contributed by atoms with Crippen molar-refractivity contribution in [1.82, 2.24) is 29.6 Å². The molecule has 1 aliphatic heterocycles. The van der Waals surface area contributed by atoms with E-state index >= 15 is 0 Å². The maximum Gasteiger partial charge on any atom is 0.253 e. The van der Waals surface area contributed by atoms with E-state index in [-0.39, 0.29) is 5.91 Å². The average Bonchev–Trinajstić information content (AvgIpc) is 3.38. The molecule has 0 unspecified atom stereocenters. The second-order valence-electron chi connectivity index (χ2n) is 7.73. The van der Waals surface area contributed by atoms with Crippen LogP contribution in [-0.2, 0) is 6.54 Å². The fourth-order valence-corrected chi connectivity index (χ4v) is 3.83. The number of hydrogen-bond acceptors (Lipinski definition) is 6.